The number of fused-ring (bicyclic) bond motifs is 1. The predicted molar refractivity (Wildman–Crippen MR) is 91.3 cm³/mol. The van der Waals surface area contributed by atoms with Crippen molar-refractivity contribution in [2.45, 2.75) is 23.5 Å². The quantitative estimate of drug-likeness (QED) is 0.223. The van der Waals surface area contributed by atoms with Crippen LogP contribution in [-0.4, -0.2) is 80.1 Å². The van der Waals surface area contributed by atoms with Gasteiger partial charge in [0.2, 0.25) is 0 Å². The molecule has 1 unspecified atom stereocenters. The van der Waals surface area contributed by atoms with E-state index in [-0.39, 0.29) is 17.9 Å². The van der Waals surface area contributed by atoms with Gasteiger partial charge in [-0.15, -0.1) is 24.9 Å². The lowest BCUT2D eigenvalue weighted by Crippen LogP contribution is -2.81. The lowest BCUT2D eigenvalue weighted by molar-refractivity contribution is -0.192. The fourth-order valence-electron chi connectivity index (χ4n) is 2.69. The van der Waals surface area contributed by atoms with E-state index in [0.29, 0.717) is 0 Å². The topological polar surface area (TPSA) is 145 Å². The van der Waals surface area contributed by atoms with E-state index in [1.54, 1.807) is 0 Å². The average molecular weight is 460 g/mol. The first-order valence-electron chi connectivity index (χ1n) is 7.70. The molecule has 1 fully saturated rings. The van der Waals surface area contributed by atoms with Crippen LogP contribution in [0, 0.1) is 0 Å². The molecule has 2 aliphatic rings. The van der Waals surface area contributed by atoms with Crippen LogP contribution in [-0.2, 0) is 39.8 Å². The SMILES string of the molecule is CO[C@@]1(NC(=O)C[S+]([O-])C(F)(F)F)C(=O)N2C(C(=O)O)=C(COC(C)=O)CS[C@H]21. The summed E-state index contributed by atoms with van der Waals surface area (Å²) >= 11 is -2.53. The lowest BCUT2D eigenvalue weighted by atomic mass is 9.98. The average Bonchev–Trinajstić information content (AvgIpc) is 2.62. The van der Waals surface area contributed by atoms with E-state index in [4.69, 9.17) is 9.47 Å². The minimum absolute atomic E-state index is 0.0151. The van der Waals surface area contributed by atoms with Crippen LogP contribution in [0.2, 0.25) is 0 Å². The largest absolute Gasteiger partial charge is 0.609 e. The Hall–Kier alpha value is -1.97. The molecule has 15 heteroatoms. The van der Waals surface area contributed by atoms with Crippen LogP contribution in [0.25, 0.3) is 0 Å². The number of carbonyl (C=O) groups excluding carboxylic acids is 3. The maximum Gasteiger partial charge on any atom is 0.573 e. The van der Waals surface area contributed by atoms with Crippen molar-refractivity contribution in [1.29, 1.82) is 0 Å². The zero-order valence-corrected chi connectivity index (χ0v) is 16.5. The van der Waals surface area contributed by atoms with Gasteiger partial charge in [0, 0.05) is 25.4 Å². The highest BCUT2D eigenvalue weighted by Crippen LogP contribution is 2.46. The third-order valence-electron chi connectivity index (χ3n) is 3.93. The van der Waals surface area contributed by atoms with Crippen molar-refractivity contribution in [2.24, 2.45) is 0 Å². The summed E-state index contributed by atoms with van der Waals surface area (Å²) < 4.78 is 58.0. The molecule has 0 aromatic carbocycles. The van der Waals surface area contributed by atoms with Crippen LogP contribution in [0.15, 0.2) is 11.3 Å². The fourth-order valence-corrected chi connectivity index (χ4v) is 4.58. The first kappa shape index (κ1) is 23.3. The van der Waals surface area contributed by atoms with Gasteiger partial charge in [0.1, 0.15) is 17.7 Å². The highest BCUT2D eigenvalue weighted by atomic mass is 32.2. The smallest absolute Gasteiger partial charge is 0.573 e. The van der Waals surface area contributed by atoms with Gasteiger partial charge in [-0.2, -0.15) is 0 Å². The first-order chi connectivity index (χ1) is 13.3. The maximum absolute atomic E-state index is 12.6. The predicted octanol–water partition coefficient (Wildman–Crippen LogP) is -0.469. The molecule has 0 saturated carbocycles. The molecule has 0 spiro atoms. The summed E-state index contributed by atoms with van der Waals surface area (Å²) in [6.07, 6.45) is 0. The van der Waals surface area contributed by atoms with Crippen molar-refractivity contribution in [2.75, 3.05) is 25.2 Å². The summed E-state index contributed by atoms with van der Waals surface area (Å²) in [5.41, 5.74) is -7.58. The van der Waals surface area contributed by atoms with E-state index in [1.807, 2.05) is 5.32 Å². The maximum atomic E-state index is 12.6. The van der Waals surface area contributed by atoms with Crippen LogP contribution < -0.4 is 5.32 Å². The number of amides is 2. The van der Waals surface area contributed by atoms with E-state index in [9.17, 15) is 42.0 Å². The summed E-state index contributed by atoms with van der Waals surface area (Å²) in [5.74, 6) is -6.03. The number of nitrogens with one attached hydrogen (secondary N) is 1. The highest BCUT2D eigenvalue weighted by Gasteiger charge is 2.67. The number of halogens is 3. The Morgan fingerprint density at radius 2 is 2.07 bits per heavy atom. The van der Waals surface area contributed by atoms with Gasteiger partial charge in [0.15, 0.2) is 5.75 Å². The number of methoxy groups -OCH3 is 1. The van der Waals surface area contributed by atoms with Gasteiger partial charge in [-0.1, -0.05) is 0 Å². The van der Waals surface area contributed by atoms with E-state index < -0.39 is 63.0 Å². The molecule has 2 N–H and O–H groups in total. The molecular formula is C14H15F3N2O8S2. The second-order valence-electron chi connectivity index (χ2n) is 5.80. The Kier molecular flexibility index (Phi) is 6.76. The number of thioether (sulfide) groups is 1. The number of β-lactam (4-membered cyclic amide) rings is 1. The number of nitrogens with zero attached hydrogens (tertiary/aromatic N) is 1. The third-order valence-corrected chi connectivity index (χ3v) is 6.34. The van der Waals surface area contributed by atoms with Crippen molar-refractivity contribution < 1.29 is 51.5 Å². The van der Waals surface area contributed by atoms with Crippen LogP contribution in [0.4, 0.5) is 13.2 Å². The molecule has 10 nitrogen and oxygen atoms in total. The number of aliphatic carboxylic acids is 1. The van der Waals surface area contributed by atoms with Gasteiger partial charge in [-0.3, -0.25) is 19.3 Å². The molecule has 162 valence electrons. The number of hydrogen-bond donors (Lipinski definition) is 2. The summed E-state index contributed by atoms with van der Waals surface area (Å²) in [4.78, 5) is 47.9. The molecule has 3 atom stereocenters. The fraction of sp³-hybridized carbons (Fsp3) is 0.571. The molecule has 2 rings (SSSR count). The lowest BCUT2D eigenvalue weighted by Gasteiger charge is -2.55. The van der Waals surface area contributed by atoms with E-state index in [2.05, 4.69) is 0 Å². The first-order valence-corrected chi connectivity index (χ1v) is 10.1. The molecule has 0 bridgehead atoms. The monoisotopic (exact) mass is 460 g/mol. The Labute approximate surface area is 168 Å². The summed E-state index contributed by atoms with van der Waals surface area (Å²) in [5, 5.41) is 10.3. The number of rotatable bonds is 7. The van der Waals surface area contributed by atoms with Crippen LogP contribution in [0.1, 0.15) is 6.92 Å². The molecule has 1 saturated heterocycles. The summed E-state index contributed by atoms with van der Waals surface area (Å²) in [6, 6.07) is 0. The van der Waals surface area contributed by atoms with Crippen molar-refractivity contribution in [3.63, 3.8) is 0 Å². The Morgan fingerprint density at radius 1 is 1.45 bits per heavy atom. The normalized spacial score (nSPS) is 25.1. The van der Waals surface area contributed by atoms with Crippen molar-refractivity contribution in [1.82, 2.24) is 10.2 Å². The second kappa shape index (κ2) is 8.41. The molecule has 2 aliphatic heterocycles. The van der Waals surface area contributed by atoms with Crippen molar-refractivity contribution in [3.05, 3.63) is 11.3 Å². The third kappa shape index (κ3) is 4.46. The summed E-state index contributed by atoms with van der Waals surface area (Å²) in [6.45, 7) is 0.738. The molecule has 2 heterocycles. The number of carboxylic acids is 1. The molecule has 0 radical (unpaired) electrons. The highest BCUT2D eigenvalue weighted by molar-refractivity contribution is 8.00. The Balaban J connectivity index is 2.23. The number of ether oxygens (including phenoxy) is 2. The van der Waals surface area contributed by atoms with Gasteiger partial charge in [-0.25, -0.2) is 4.79 Å². The van der Waals surface area contributed by atoms with Gasteiger partial charge >= 0.3 is 17.4 Å². The van der Waals surface area contributed by atoms with E-state index in [1.165, 1.54) is 0 Å². The zero-order chi connectivity index (χ0) is 22.1. The number of carbonyl (C=O) groups is 4. The molecule has 0 aliphatic carbocycles. The number of alkyl halides is 3. The molecule has 0 aromatic rings. The van der Waals surface area contributed by atoms with Crippen LogP contribution >= 0.6 is 11.8 Å². The zero-order valence-electron chi connectivity index (χ0n) is 14.9. The van der Waals surface area contributed by atoms with Crippen LogP contribution in [0.3, 0.4) is 0 Å². The minimum Gasteiger partial charge on any atom is -0.609 e. The van der Waals surface area contributed by atoms with Gasteiger partial charge in [0.05, 0.1) is 11.2 Å². The summed E-state index contributed by atoms with van der Waals surface area (Å²) in [7, 11) is 1.01. The van der Waals surface area contributed by atoms with E-state index in [0.717, 1.165) is 30.7 Å². The number of esters is 1. The Bertz CT molecular complexity index is 774. The second-order valence-corrected chi connectivity index (χ2v) is 8.31. The number of hydrogen-bond acceptors (Lipinski definition) is 8. The molecule has 0 aromatic heterocycles. The molecule has 2 amide bonds. The van der Waals surface area contributed by atoms with Gasteiger partial charge < -0.3 is 24.4 Å². The van der Waals surface area contributed by atoms with Crippen molar-refractivity contribution >= 4 is 46.7 Å². The molecule has 29 heavy (non-hydrogen) atoms. The van der Waals surface area contributed by atoms with Crippen LogP contribution in [0.5, 0.6) is 0 Å². The number of carboxylic acid groups (broad SMARTS) is 1. The van der Waals surface area contributed by atoms with Gasteiger partial charge in [-0.05, 0) is 0 Å². The van der Waals surface area contributed by atoms with Gasteiger partial charge in [0.25, 0.3) is 17.5 Å². The van der Waals surface area contributed by atoms with E-state index >= 15 is 0 Å². The molecular weight excluding hydrogens is 445 g/mol. The standard InChI is InChI=1S/C14H15F3N2O8S2/c1-6(20)27-3-7-4-28-12-13(26-2,11(24)19(12)9(7)10(22)23)18-8(21)5-29(25)14(15,16)17/h12H,3-5H2,1-2H3,(H,18,21)(H,22,23)/t12-,13-,29?/m0/s1. The minimum atomic E-state index is -5.11. The van der Waals surface area contributed by atoms with Crippen molar-refractivity contribution in [3.8, 4) is 0 Å². The Morgan fingerprint density at radius 3 is 2.55 bits per heavy atom.